The smallest absolute Gasteiger partial charge is 0.310 e. The van der Waals surface area contributed by atoms with Crippen LogP contribution in [0.25, 0.3) is 18.2 Å². The first-order valence-corrected chi connectivity index (χ1v) is 23.9. The van der Waals surface area contributed by atoms with Crippen LogP contribution in [0.5, 0.6) is 0 Å². The van der Waals surface area contributed by atoms with E-state index in [-0.39, 0.29) is 59.3 Å². The summed E-state index contributed by atoms with van der Waals surface area (Å²) >= 11 is 0. The number of aromatic nitrogens is 2. The Bertz CT molecular complexity index is 3050. The number of esters is 2. The fourth-order valence-electron chi connectivity index (χ4n) is 7.70. The predicted octanol–water partition coefficient (Wildman–Crippen LogP) is 4.82. The number of allylic oxidation sites excluding steroid dienone is 2. The second kappa shape index (κ2) is 19.2. The molecule has 0 unspecified atom stereocenters. The Morgan fingerprint density at radius 3 is 1.75 bits per heavy atom. The third-order valence-electron chi connectivity index (χ3n) is 11.8. The number of amides is 2. The molecule has 0 bridgehead atoms. The molecule has 64 heavy (non-hydrogen) atoms. The van der Waals surface area contributed by atoms with Crippen LogP contribution in [0.2, 0.25) is 0 Å². The van der Waals surface area contributed by atoms with Crippen LogP contribution in [0.3, 0.4) is 0 Å². The lowest BCUT2D eigenvalue weighted by molar-refractivity contribution is -0.141. The molecule has 6 rings (SSSR count). The van der Waals surface area contributed by atoms with Crippen molar-refractivity contribution in [2.45, 2.75) is 83.4 Å². The van der Waals surface area contributed by atoms with E-state index in [9.17, 15) is 36.0 Å². The zero-order valence-electron chi connectivity index (χ0n) is 37.1. The van der Waals surface area contributed by atoms with E-state index in [4.69, 9.17) is 9.47 Å². The largest absolute Gasteiger partial charge is 0.469 e. The van der Waals surface area contributed by atoms with Gasteiger partial charge in [0.05, 0.1) is 47.6 Å². The minimum Gasteiger partial charge on any atom is -0.469 e. The van der Waals surface area contributed by atoms with Gasteiger partial charge in [-0.1, -0.05) is 35.4 Å². The summed E-state index contributed by atoms with van der Waals surface area (Å²) in [7, 11) is -4.73. The summed E-state index contributed by atoms with van der Waals surface area (Å²) in [5, 5.41) is 3.96. The third-order valence-corrected chi connectivity index (χ3v) is 15.3. The summed E-state index contributed by atoms with van der Waals surface area (Å²) in [5.74, 6) is -2.28. The van der Waals surface area contributed by atoms with E-state index in [1.807, 2.05) is 27.7 Å². The summed E-state index contributed by atoms with van der Waals surface area (Å²) in [4.78, 5) is 62.8. The highest BCUT2D eigenvalue weighted by atomic mass is 32.2. The number of hydrogen-bond donors (Lipinski definition) is 3. The highest BCUT2D eigenvalue weighted by Gasteiger charge is 2.28. The number of nitrogens with zero attached hydrogens (tertiary/aromatic N) is 1. The molecule has 0 spiro atoms. The molecule has 4 heterocycles. The molecule has 4 aromatic rings. The maximum absolute atomic E-state index is 13.3. The van der Waals surface area contributed by atoms with Gasteiger partial charge in [0.1, 0.15) is 0 Å². The number of methoxy groups -OCH3 is 2. The van der Waals surface area contributed by atoms with E-state index in [0.717, 1.165) is 22.3 Å². The summed E-state index contributed by atoms with van der Waals surface area (Å²) in [6, 6.07) is 13.2. The number of aromatic amines is 2. The molecule has 0 aliphatic carbocycles. The predicted molar refractivity (Wildman–Crippen MR) is 244 cm³/mol. The molecule has 2 aromatic carbocycles. The van der Waals surface area contributed by atoms with Crippen molar-refractivity contribution in [3.8, 4) is 0 Å². The van der Waals surface area contributed by atoms with Crippen molar-refractivity contribution in [3.05, 3.63) is 132 Å². The highest BCUT2D eigenvalue weighted by Crippen LogP contribution is 2.30. The van der Waals surface area contributed by atoms with Crippen molar-refractivity contribution in [2.75, 3.05) is 25.7 Å². The Balaban J connectivity index is 1.39. The zero-order chi connectivity index (χ0) is 46.7. The lowest BCUT2D eigenvalue weighted by Crippen LogP contribution is -2.16. The van der Waals surface area contributed by atoms with E-state index >= 15 is 0 Å². The van der Waals surface area contributed by atoms with Crippen LogP contribution in [0, 0.1) is 27.7 Å². The Morgan fingerprint density at radius 2 is 1.19 bits per heavy atom. The molecule has 2 aliphatic heterocycles. The number of ether oxygens (including phenoxy) is 2. The molecule has 14 nitrogen and oxygen atoms in total. The Labute approximate surface area is 372 Å². The number of hydrogen-bond acceptors (Lipinski definition) is 10. The van der Waals surface area contributed by atoms with Gasteiger partial charge in [0.15, 0.2) is 19.7 Å². The monoisotopic (exact) mass is 908 g/mol. The van der Waals surface area contributed by atoms with Crippen molar-refractivity contribution in [1.82, 2.24) is 15.3 Å². The molecule has 0 radical (unpaired) electrons. The van der Waals surface area contributed by atoms with Crippen molar-refractivity contribution in [3.63, 3.8) is 0 Å². The van der Waals surface area contributed by atoms with Crippen LogP contribution >= 0.6 is 0 Å². The number of carbonyl (C=O) groups excluding carboxylic acids is 4. The van der Waals surface area contributed by atoms with E-state index in [2.05, 4.69) is 20.3 Å². The maximum Gasteiger partial charge on any atom is 0.310 e. The average molecular weight is 909 g/mol. The SMILES string of the molecule is COC(=O)CCc1c(C=c2[nH]c(=CC3=NC(=O)C(CCS(=O)(=O)c4ccc(C)cc4)=C3C)c(C)c2CC(=O)OC)[nH]c(/C=C2\NC(=O)C(C)=C2CCS(=O)(=O)c2ccc(C)cc2)c1C. The number of H-pyrrole nitrogens is 2. The van der Waals surface area contributed by atoms with Crippen molar-refractivity contribution < 1.29 is 45.5 Å². The highest BCUT2D eigenvalue weighted by molar-refractivity contribution is 7.91. The molecule has 3 N–H and O–H groups in total. The number of benzene rings is 2. The lowest BCUT2D eigenvalue weighted by Gasteiger charge is -2.08. The van der Waals surface area contributed by atoms with Gasteiger partial charge in [0.25, 0.3) is 11.8 Å². The van der Waals surface area contributed by atoms with Crippen LogP contribution in [0.15, 0.2) is 91.3 Å². The van der Waals surface area contributed by atoms with Gasteiger partial charge in [-0.15, -0.1) is 0 Å². The number of aliphatic imine (C=N–C) groups is 1. The summed E-state index contributed by atoms with van der Waals surface area (Å²) in [6.45, 7) is 10.8. The van der Waals surface area contributed by atoms with Crippen LogP contribution in [0.4, 0.5) is 0 Å². The van der Waals surface area contributed by atoms with Gasteiger partial charge in [-0.05, 0) is 137 Å². The summed E-state index contributed by atoms with van der Waals surface area (Å²) < 4.78 is 62.8. The number of rotatable bonds is 16. The molecule has 16 heteroatoms. The fourth-order valence-corrected chi connectivity index (χ4v) is 10.2. The van der Waals surface area contributed by atoms with Gasteiger partial charge < -0.3 is 24.8 Å². The summed E-state index contributed by atoms with van der Waals surface area (Å²) in [5.41, 5.74) is 8.42. The normalized spacial score (nSPS) is 15.8. The molecular weight excluding hydrogens is 857 g/mol. The zero-order valence-corrected chi connectivity index (χ0v) is 38.8. The number of sulfone groups is 2. The van der Waals surface area contributed by atoms with E-state index in [1.165, 1.54) is 14.2 Å². The Hall–Kier alpha value is -6.39. The van der Waals surface area contributed by atoms with Gasteiger partial charge in [-0.3, -0.25) is 19.2 Å². The van der Waals surface area contributed by atoms with Gasteiger partial charge in [0.2, 0.25) is 0 Å². The van der Waals surface area contributed by atoms with Crippen molar-refractivity contribution in [1.29, 1.82) is 0 Å². The molecule has 2 amide bonds. The number of aryl methyl sites for hydroxylation is 2. The molecule has 2 aliphatic rings. The maximum atomic E-state index is 13.3. The van der Waals surface area contributed by atoms with Gasteiger partial charge in [-0.25, -0.2) is 21.8 Å². The number of carbonyl (C=O) groups is 4. The average Bonchev–Trinajstić information content (AvgIpc) is 3.90. The van der Waals surface area contributed by atoms with Crippen LogP contribution < -0.4 is 16.0 Å². The second-order valence-corrected chi connectivity index (χ2v) is 20.2. The Kier molecular flexibility index (Phi) is 14.1. The Morgan fingerprint density at radius 1 is 0.625 bits per heavy atom. The van der Waals surface area contributed by atoms with Crippen molar-refractivity contribution >= 4 is 67.4 Å². The molecule has 0 saturated carbocycles. The minimum atomic E-state index is -3.67. The van der Waals surface area contributed by atoms with Crippen LogP contribution in [-0.4, -0.2) is 82.0 Å². The van der Waals surface area contributed by atoms with E-state index in [0.29, 0.717) is 66.9 Å². The van der Waals surface area contributed by atoms with Crippen molar-refractivity contribution in [2.24, 2.45) is 4.99 Å². The van der Waals surface area contributed by atoms with Crippen LogP contribution in [-0.2, 0) is 61.2 Å². The molecule has 0 atom stereocenters. The third kappa shape index (κ3) is 10.3. The lowest BCUT2D eigenvalue weighted by atomic mass is 10.0. The number of nitrogens with one attached hydrogen (secondary N) is 3. The molecule has 0 fully saturated rings. The fraction of sp³-hybridized carbons (Fsp3) is 0.312. The van der Waals surface area contributed by atoms with E-state index < -0.39 is 37.5 Å². The van der Waals surface area contributed by atoms with Gasteiger partial charge in [0, 0.05) is 45.4 Å². The topological polar surface area (TPSA) is 211 Å². The summed E-state index contributed by atoms with van der Waals surface area (Å²) in [6.07, 6.45) is 5.51. The van der Waals surface area contributed by atoms with Crippen LogP contribution in [0.1, 0.15) is 77.9 Å². The van der Waals surface area contributed by atoms with E-state index in [1.54, 1.807) is 80.6 Å². The first-order valence-electron chi connectivity index (χ1n) is 20.6. The quantitative estimate of drug-likeness (QED) is 0.131. The molecule has 336 valence electrons. The first kappa shape index (κ1) is 47.1. The van der Waals surface area contributed by atoms with Gasteiger partial charge in [-0.2, -0.15) is 0 Å². The molecular formula is C48H52N4O10S2. The van der Waals surface area contributed by atoms with Gasteiger partial charge >= 0.3 is 11.9 Å². The standard InChI is InChI=1S/C48H52N4O10S2/c1-27-9-13-33(14-10-27)63(57,58)21-19-36-32(6)47(55)52-43(36)25-40-29(3)35(17-18-45(53)61-7)42(49-40)26-44-38(23-46(54)62-8)31(5)39(50-44)24-41-30(4)37(48(56)51-41)20-22-64(59,60)34-15-11-28(2)12-16-34/h9-16,24-26,49-50H,17-23H2,1-8H3,(H,52,55)/b39-24?,43-25-,44-26?. The second-order valence-electron chi connectivity index (χ2n) is 16.0. The molecule has 2 aromatic heterocycles. The molecule has 0 saturated heterocycles. The first-order chi connectivity index (χ1) is 30.2. The minimum absolute atomic E-state index is 0.0237.